The fourth-order valence-corrected chi connectivity index (χ4v) is 2.00. The molecule has 1 aromatic carbocycles. The molecule has 0 atom stereocenters. The van der Waals surface area contributed by atoms with Crippen molar-refractivity contribution in [3.63, 3.8) is 0 Å². The average Bonchev–Trinajstić information content (AvgIpc) is 2.54. The number of rotatable bonds is 4. The molecule has 0 amide bonds. The number of para-hydroxylation sites is 1. The SMILES string of the molecule is O=C(O)/C=C/C(=O)O.OCc1ccccc1N1CCNCC1. The van der Waals surface area contributed by atoms with Crippen LogP contribution in [0.1, 0.15) is 5.56 Å². The molecule has 4 N–H and O–H groups in total. The van der Waals surface area contributed by atoms with Crippen LogP contribution in [0, 0.1) is 0 Å². The number of anilines is 1. The summed E-state index contributed by atoms with van der Waals surface area (Å²) in [6.07, 6.45) is 1.12. The van der Waals surface area contributed by atoms with Crippen molar-refractivity contribution < 1.29 is 24.9 Å². The van der Waals surface area contributed by atoms with Crippen molar-refractivity contribution in [3.05, 3.63) is 42.0 Å². The van der Waals surface area contributed by atoms with E-state index in [2.05, 4.69) is 16.3 Å². The Bertz CT molecular complexity index is 508. The molecule has 0 bridgehead atoms. The van der Waals surface area contributed by atoms with Gasteiger partial charge in [0.15, 0.2) is 0 Å². The van der Waals surface area contributed by atoms with Gasteiger partial charge < -0.3 is 25.5 Å². The van der Waals surface area contributed by atoms with Crippen LogP contribution in [-0.4, -0.2) is 53.4 Å². The standard InChI is InChI=1S/C11H16N2O.C4H4O4/c14-9-10-3-1-2-4-11(10)13-7-5-12-6-8-13;5-3(6)1-2-4(7)8/h1-4,12,14H,5-9H2;1-2H,(H,5,6)(H,7,8)/b;2-1+. The van der Waals surface area contributed by atoms with E-state index in [-0.39, 0.29) is 6.61 Å². The number of aliphatic hydroxyl groups is 1. The third-order valence-electron chi connectivity index (χ3n) is 2.99. The molecule has 0 spiro atoms. The number of aliphatic carboxylic acids is 2. The summed E-state index contributed by atoms with van der Waals surface area (Å²) in [4.78, 5) is 21.4. The Morgan fingerprint density at radius 2 is 1.64 bits per heavy atom. The normalized spacial score (nSPS) is 14.3. The summed E-state index contributed by atoms with van der Waals surface area (Å²) in [6.45, 7) is 4.23. The van der Waals surface area contributed by atoms with Gasteiger partial charge in [-0.05, 0) is 6.07 Å². The lowest BCUT2D eigenvalue weighted by molar-refractivity contribution is -0.134. The van der Waals surface area contributed by atoms with Gasteiger partial charge in [-0.15, -0.1) is 0 Å². The van der Waals surface area contributed by atoms with E-state index in [4.69, 9.17) is 10.2 Å². The van der Waals surface area contributed by atoms with E-state index >= 15 is 0 Å². The highest BCUT2D eigenvalue weighted by Crippen LogP contribution is 2.20. The molecule has 0 unspecified atom stereocenters. The number of carboxylic acids is 2. The maximum Gasteiger partial charge on any atom is 0.328 e. The molecule has 7 heteroatoms. The summed E-state index contributed by atoms with van der Waals surface area (Å²) >= 11 is 0. The first kappa shape index (κ1) is 17.7. The largest absolute Gasteiger partial charge is 0.478 e. The van der Waals surface area contributed by atoms with E-state index in [0.29, 0.717) is 12.2 Å². The molecule has 1 saturated heterocycles. The molecule has 0 radical (unpaired) electrons. The number of nitrogens with one attached hydrogen (secondary N) is 1. The van der Waals surface area contributed by atoms with Crippen LogP contribution in [0.2, 0.25) is 0 Å². The Kier molecular flexibility index (Phi) is 7.66. The molecule has 1 fully saturated rings. The Balaban J connectivity index is 0.000000261. The van der Waals surface area contributed by atoms with Crippen molar-refractivity contribution in [1.29, 1.82) is 0 Å². The minimum atomic E-state index is -1.26. The smallest absolute Gasteiger partial charge is 0.328 e. The van der Waals surface area contributed by atoms with Crippen LogP contribution >= 0.6 is 0 Å². The first-order valence-corrected chi connectivity index (χ1v) is 6.83. The first-order chi connectivity index (χ1) is 10.5. The van der Waals surface area contributed by atoms with Gasteiger partial charge in [0.25, 0.3) is 0 Å². The zero-order chi connectivity index (χ0) is 16.4. The molecule has 0 aliphatic carbocycles. The van der Waals surface area contributed by atoms with Crippen molar-refractivity contribution >= 4 is 17.6 Å². The molecular weight excluding hydrogens is 288 g/mol. The van der Waals surface area contributed by atoms with Crippen LogP contribution < -0.4 is 10.2 Å². The van der Waals surface area contributed by atoms with Gasteiger partial charge in [-0.2, -0.15) is 0 Å². The molecule has 120 valence electrons. The van der Waals surface area contributed by atoms with Gasteiger partial charge in [-0.3, -0.25) is 0 Å². The van der Waals surface area contributed by atoms with Crippen molar-refractivity contribution in [3.8, 4) is 0 Å². The molecule has 2 rings (SSSR count). The number of carbonyl (C=O) groups is 2. The summed E-state index contributed by atoms with van der Waals surface area (Å²) < 4.78 is 0. The summed E-state index contributed by atoms with van der Waals surface area (Å²) in [5.74, 6) is -2.51. The molecule has 22 heavy (non-hydrogen) atoms. The predicted molar refractivity (Wildman–Crippen MR) is 81.9 cm³/mol. The maximum atomic E-state index is 9.55. The Hall–Kier alpha value is -2.38. The van der Waals surface area contributed by atoms with Gasteiger partial charge in [-0.25, -0.2) is 9.59 Å². The maximum absolute atomic E-state index is 9.55. The Labute approximate surface area is 128 Å². The highest BCUT2D eigenvalue weighted by atomic mass is 16.4. The lowest BCUT2D eigenvalue weighted by atomic mass is 10.1. The number of aliphatic hydroxyl groups excluding tert-OH is 1. The van der Waals surface area contributed by atoms with Crippen molar-refractivity contribution in [2.45, 2.75) is 6.61 Å². The van der Waals surface area contributed by atoms with Crippen LogP contribution in [0.4, 0.5) is 5.69 Å². The number of hydrogen-bond donors (Lipinski definition) is 4. The molecule has 0 saturated carbocycles. The number of benzene rings is 1. The number of hydrogen-bond acceptors (Lipinski definition) is 5. The molecule has 1 aliphatic rings. The summed E-state index contributed by atoms with van der Waals surface area (Å²) in [6, 6.07) is 8.06. The number of nitrogens with zero attached hydrogens (tertiary/aromatic N) is 1. The zero-order valence-electron chi connectivity index (χ0n) is 12.1. The quantitative estimate of drug-likeness (QED) is 0.592. The van der Waals surface area contributed by atoms with E-state index in [1.54, 1.807) is 0 Å². The van der Waals surface area contributed by atoms with Crippen molar-refractivity contribution in [2.24, 2.45) is 0 Å². The van der Waals surface area contributed by atoms with Crippen molar-refractivity contribution in [1.82, 2.24) is 5.32 Å². The second-order valence-corrected chi connectivity index (χ2v) is 4.53. The fraction of sp³-hybridized carbons (Fsp3) is 0.333. The highest BCUT2D eigenvalue weighted by molar-refractivity contribution is 5.89. The number of carboxylic acid groups (broad SMARTS) is 2. The van der Waals surface area contributed by atoms with Crippen LogP contribution in [0.15, 0.2) is 36.4 Å². The van der Waals surface area contributed by atoms with E-state index in [9.17, 15) is 14.7 Å². The van der Waals surface area contributed by atoms with Crippen molar-refractivity contribution in [2.75, 3.05) is 31.1 Å². The molecule has 1 aliphatic heterocycles. The topological polar surface area (TPSA) is 110 Å². The van der Waals surface area contributed by atoms with E-state index in [0.717, 1.165) is 31.7 Å². The summed E-state index contributed by atoms with van der Waals surface area (Å²) in [7, 11) is 0. The Morgan fingerprint density at radius 1 is 1.09 bits per heavy atom. The van der Waals surface area contributed by atoms with Gasteiger partial charge >= 0.3 is 11.9 Å². The Morgan fingerprint density at radius 3 is 2.14 bits per heavy atom. The number of piperazine rings is 1. The minimum absolute atomic E-state index is 0.125. The minimum Gasteiger partial charge on any atom is -0.478 e. The summed E-state index contributed by atoms with van der Waals surface area (Å²) in [5, 5.41) is 28.1. The predicted octanol–water partition coefficient (Wildman–Crippen LogP) is 0.300. The van der Waals surface area contributed by atoms with Crippen LogP contribution in [0.5, 0.6) is 0 Å². The van der Waals surface area contributed by atoms with Gasteiger partial charge in [0.05, 0.1) is 6.61 Å². The summed E-state index contributed by atoms with van der Waals surface area (Å²) in [5.41, 5.74) is 2.20. The monoisotopic (exact) mass is 308 g/mol. The van der Waals surface area contributed by atoms with Gasteiger partial charge in [0, 0.05) is 49.6 Å². The highest BCUT2D eigenvalue weighted by Gasteiger charge is 2.12. The third-order valence-corrected chi connectivity index (χ3v) is 2.99. The molecule has 1 aromatic rings. The van der Waals surface area contributed by atoms with Crippen LogP contribution in [0.25, 0.3) is 0 Å². The van der Waals surface area contributed by atoms with E-state index < -0.39 is 11.9 Å². The first-order valence-electron chi connectivity index (χ1n) is 6.83. The van der Waals surface area contributed by atoms with E-state index in [1.165, 1.54) is 5.69 Å². The van der Waals surface area contributed by atoms with E-state index in [1.807, 2.05) is 18.2 Å². The lowest BCUT2D eigenvalue weighted by Gasteiger charge is -2.30. The molecule has 0 aromatic heterocycles. The van der Waals surface area contributed by atoms with Gasteiger partial charge in [-0.1, -0.05) is 18.2 Å². The lowest BCUT2D eigenvalue weighted by Crippen LogP contribution is -2.43. The van der Waals surface area contributed by atoms with Crippen LogP contribution in [0.3, 0.4) is 0 Å². The zero-order valence-corrected chi connectivity index (χ0v) is 12.1. The average molecular weight is 308 g/mol. The van der Waals surface area contributed by atoms with Crippen LogP contribution in [-0.2, 0) is 16.2 Å². The molecule has 7 nitrogen and oxygen atoms in total. The molecular formula is C15H20N2O5. The van der Waals surface area contributed by atoms with Gasteiger partial charge in [0.2, 0.25) is 0 Å². The fourth-order valence-electron chi connectivity index (χ4n) is 2.00. The van der Waals surface area contributed by atoms with Gasteiger partial charge in [0.1, 0.15) is 0 Å². The second-order valence-electron chi connectivity index (χ2n) is 4.53. The third kappa shape index (κ3) is 6.38. The second kappa shape index (κ2) is 9.54. The molecule has 1 heterocycles.